The van der Waals surface area contributed by atoms with Crippen molar-refractivity contribution in [1.82, 2.24) is 14.9 Å². The van der Waals surface area contributed by atoms with Crippen LogP contribution < -0.4 is 10.6 Å². The Morgan fingerprint density at radius 1 is 1.23 bits per heavy atom. The maximum absolute atomic E-state index is 12.6. The number of aliphatic imine (C=N–C) groups is 1. The summed E-state index contributed by atoms with van der Waals surface area (Å²) in [4.78, 5) is 4.98. The molecule has 3 rings (SSSR count). The van der Waals surface area contributed by atoms with Crippen LogP contribution in [0.5, 0.6) is 0 Å². The standard InChI is InChI=1S/C21H34N4O4S/c1-2-22-20(24-16-21(9-13-26)10-14-29-17-21)23-15-18-5-7-19(8-6-18)30(27,28)25-11-3-4-12-25/h5-8,26H,2-4,9-17H2,1H3,(H2,22,23,24). The fraction of sp³-hybridized carbons (Fsp3) is 0.667. The Kier molecular flexibility index (Phi) is 8.10. The SMILES string of the molecule is CCNC(=NCc1ccc(S(=O)(=O)N2CCCC2)cc1)NCC1(CCO)CCOC1. The zero-order valence-corrected chi connectivity index (χ0v) is 18.6. The number of ether oxygens (including phenoxy) is 1. The highest BCUT2D eigenvalue weighted by molar-refractivity contribution is 7.89. The summed E-state index contributed by atoms with van der Waals surface area (Å²) in [5, 5.41) is 16.0. The molecule has 0 saturated carbocycles. The van der Waals surface area contributed by atoms with Gasteiger partial charge in [-0.3, -0.25) is 0 Å². The van der Waals surface area contributed by atoms with Gasteiger partial charge in [0.05, 0.1) is 18.0 Å². The van der Waals surface area contributed by atoms with Gasteiger partial charge in [-0.2, -0.15) is 4.31 Å². The van der Waals surface area contributed by atoms with Crippen LogP contribution in [0.4, 0.5) is 0 Å². The van der Waals surface area contributed by atoms with E-state index in [9.17, 15) is 13.5 Å². The van der Waals surface area contributed by atoms with Crippen LogP contribution in [0.15, 0.2) is 34.2 Å². The Morgan fingerprint density at radius 2 is 1.97 bits per heavy atom. The van der Waals surface area contributed by atoms with Gasteiger partial charge in [0.1, 0.15) is 0 Å². The minimum atomic E-state index is -3.39. The van der Waals surface area contributed by atoms with E-state index in [4.69, 9.17) is 4.74 Å². The van der Waals surface area contributed by atoms with E-state index >= 15 is 0 Å². The third-order valence-electron chi connectivity index (χ3n) is 5.85. The zero-order chi connectivity index (χ0) is 21.5. The van der Waals surface area contributed by atoms with E-state index in [-0.39, 0.29) is 12.0 Å². The molecule has 8 nitrogen and oxygen atoms in total. The molecule has 0 amide bonds. The lowest BCUT2D eigenvalue weighted by molar-refractivity contribution is 0.127. The molecule has 2 aliphatic rings. The molecule has 2 heterocycles. The number of aliphatic hydroxyl groups excluding tert-OH is 1. The van der Waals surface area contributed by atoms with Gasteiger partial charge in [0.25, 0.3) is 0 Å². The van der Waals surface area contributed by atoms with Crippen molar-refractivity contribution >= 4 is 16.0 Å². The lowest BCUT2D eigenvalue weighted by atomic mass is 9.84. The quantitative estimate of drug-likeness (QED) is 0.397. The Hall–Kier alpha value is -1.68. The van der Waals surface area contributed by atoms with Crippen molar-refractivity contribution in [2.75, 3.05) is 46.0 Å². The molecule has 2 fully saturated rings. The van der Waals surface area contributed by atoms with Crippen LogP contribution in [0.3, 0.4) is 0 Å². The van der Waals surface area contributed by atoms with Crippen LogP contribution in [-0.4, -0.2) is 69.8 Å². The van der Waals surface area contributed by atoms with Crippen LogP contribution in [0.25, 0.3) is 0 Å². The number of nitrogens with zero attached hydrogens (tertiary/aromatic N) is 2. The van der Waals surface area contributed by atoms with Gasteiger partial charge in [-0.25, -0.2) is 13.4 Å². The van der Waals surface area contributed by atoms with Gasteiger partial charge in [-0.15, -0.1) is 0 Å². The number of benzene rings is 1. The molecule has 2 aliphatic heterocycles. The average molecular weight is 439 g/mol. The monoisotopic (exact) mass is 438 g/mol. The number of guanidine groups is 1. The van der Waals surface area contributed by atoms with Crippen molar-refractivity contribution in [2.24, 2.45) is 10.4 Å². The highest BCUT2D eigenvalue weighted by Crippen LogP contribution is 2.31. The van der Waals surface area contributed by atoms with Crippen molar-refractivity contribution in [2.45, 2.75) is 44.0 Å². The molecule has 1 unspecified atom stereocenters. The van der Waals surface area contributed by atoms with Gasteiger partial charge in [0, 0.05) is 44.8 Å². The van der Waals surface area contributed by atoms with Crippen molar-refractivity contribution in [3.05, 3.63) is 29.8 Å². The lowest BCUT2D eigenvalue weighted by Gasteiger charge is -2.27. The van der Waals surface area contributed by atoms with Gasteiger partial charge in [0.15, 0.2) is 5.96 Å². The largest absolute Gasteiger partial charge is 0.396 e. The molecule has 0 spiro atoms. The first kappa shape index (κ1) is 23.0. The van der Waals surface area contributed by atoms with E-state index in [0.717, 1.165) is 38.0 Å². The zero-order valence-electron chi connectivity index (χ0n) is 17.8. The fourth-order valence-corrected chi connectivity index (χ4v) is 5.46. The number of rotatable bonds is 9. The highest BCUT2D eigenvalue weighted by atomic mass is 32.2. The smallest absolute Gasteiger partial charge is 0.243 e. The molecule has 1 aromatic rings. The number of sulfonamides is 1. The average Bonchev–Trinajstić information content (AvgIpc) is 3.44. The summed E-state index contributed by atoms with van der Waals surface area (Å²) < 4.78 is 32.4. The molecule has 0 radical (unpaired) electrons. The van der Waals surface area contributed by atoms with Crippen LogP contribution >= 0.6 is 0 Å². The minimum absolute atomic E-state index is 0.0590. The van der Waals surface area contributed by atoms with Crippen LogP contribution in [0.2, 0.25) is 0 Å². The summed E-state index contributed by atoms with van der Waals surface area (Å²) >= 11 is 0. The fourth-order valence-electron chi connectivity index (χ4n) is 3.94. The summed E-state index contributed by atoms with van der Waals surface area (Å²) in [5.74, 6) is 0.704. The van der Waals surface area contributed by atoms with Gasteiger partial charge in [-0.05, 0) is 50.3 Å². The number of aliphatic hydroxyl groups is 1. The molecular weight excluding hydrogens is 404 g/mol. The first-order chi connectivity index (χ1) is 14.5. The first-order valence-corrected chi connectivity index (χ1v) is 12.2. The summed E-state index contributed by atoms with van der Waals surface area (Å²) in [5.41, 5.74) is 0.887. The molecule has 3 N–H and O–H groups in total. The van der Waals surface area contributed by atoms with Gasteiger partial charge in [-0.1, -0.05) is 12.1 Å². The molecule has 30 heavy (non-hydrogen) atoms. The van der Waals surface area contributed by atoms with E-state index in [2.05, 4.69) is 15.6 Å². The molecule has 2 saturated heterocycles. The van der Waals surface area contributed by atoms with Crippen LogP contribution in [-0.2, 0) is 21.3 Å². The van der Waals surface area contributed by atoms with Crippen molar-refractivity contribution in [1.29, 1.82) is 0 Å². The number of nitrogens with one attached hydrogen (secondary N) is 2. The molecule has 168 valence electrons. The molecule has 9 heteroatoms. The maximum Gasteiger partial charge on any atom is 0.243 e. The maximum atomic E-state index is 12.6. The first-order valence-electron chi connectivity index (χ1n) is 10.8. The molecule has 0 bridgehead atoms. The summed E-state index contributed by atoms with van der Waals surface area (Å²) in [6.45, 7) is 6.61. The van der Waals surface area contributed by atoms with Crippen LogP contribution in [0.1, 0.15) is 38.2 Å². The van der Waals surface area contributed by atoms with Crippen LogP contribution in [0, 0.1) is 5.41 Å². The minimum Gasteiger partial charge on any atom is -0.396 e. The van der Waals surface area contributed by atoms with E-state index < -0.39 is 10.0 Å². The molecular formula is C21H34N4O4S. The second-order valence-electron chi connectivity index (χ2n) is 8.08. The molecule has 1 atom stereocenters. The summed E-state index contributed by atoms with van der Waals surface area (Å²) in [6.07, 6.45) is 3.48. The summed E-state index contributed by atoms with van der Waals surface area (Å²) in [6, 6.07) is 7.00. The van der Waals surface area contributed by atoms with E-state index in [0.29, 0.717) is 50.1 Å². The second kappa shape index (κ2) is 10.6. The predicted octanol–water partition coefficient (Wildman–Crippen LogP) is 1.32. The predicted molar refractivity (Wildman–Crippen MR) is 117 cm³/mol. The number of hydrogen-bond donors (Lipinski definition) is 3. The highest BCUT2D eigenvalue weighted by Gasteiger charge is 2.34. The third kappa shape index (κ3) is 5.72. The third-order valence-corrected chi connectivity index (χ3v) is 7.76. The van der Waals surface area contributed by atoms with Gasteiger partial charge >= 0.3 is 0 Å². The van der Waals surface area contributed by atoms with Crippen molar-refractivity contribution < 1.29 is 18.3 Å². The number of hydrogen-bond acceptors (Lipinski definition) is 5. The molecule has 0 aliphatic carbocycles. The Bertz CT molecular complexity index is 799. The van der Waals surface area contributed by atoms with E-state index in [1.165, 1.54) is 0 Å². The molecule has 0 aromatic heterocycles. The Morgan fingerprint density at radius 3 is 2.57 bits per heavy atom. The lowest BCUT2D eigenvalue weighted by Crippen LogP contribution is -2.44. The van der Waals surface area contributed by atoms with E-state index in [1.54, 1.807) is 16.4 Å². The summed E-state index contributed by atoms with van der Waals surface area (Å²) in [7, 11) is -3.39. The Balaban J connectivity index is 1.61. The Labute approximate surface area is 179 Å². The van der Waals surface area contributed by atoms with Crippen molar-refractivity contribution in [3.63, 3.8) is 0 Å². The van der Waals surface area contributed by atoms with E-state index in [1.807, 2.05) is 19.1 Å². The van der Waals surface area contributed by atoms with Gasteiger partial charge < -0.3 is 20.5 Å². The van der Waals surface area contributed by atoms with Gasteiger partial charge in [0.2, 0.25) is 10.0 Å². The topological polar surface area (TPSA) is 103 Å². The normalized spacial score (nSPS) is 23.1. The molecule has 1 aromatic carbocycles. The second-order valence-corrected chi connectivity index (χ2v) is 10.0. The van der Waals surface area contributed by atoms with Crippen molar-refractivity contribution in [3.8, 4) is 0 Å².